The molecule has 0 aliphatic carbocycles. The van der Waals surface area contributed by atoms with Gasteiger partial charge in [-0.15, -0.1) is 0 Å². The fourth-order valence-electron chi connectivity index (χ4n) is 1.14. The molecule has 4 heteroatoms. The Bertz CT molecular complexity index is 253. The van der Waals surface area contributed by atoms with Crippen LogP contribution in [0.2, 0.25) is 0 Å². The summed E-state index contributed by atoms with van der Waals surface area (Å²) in [5.74, 6) is 0. The Kier molecular flexibility index (Phi) is 2.38. The molecular formula is C8H10NO2P. The van der Waals surface area contributed by atoms with Gasteiger partial charge in [0.25, 0.3) is 8.53 Å². The average molecular weight is 183 g/mol. The molecule has 1 aliphatic rings. The number of hydrogen-bond acceptors (Lipinski definition) is 3. The van der Waals surface area contributed by atoms with Gasteiger partial charge in [0.2, 0.25) is 0 Å². The standard InChI is InChI=1S/C8H10NO2P/c9-12-10-5-7-3-1-2-4-8(7)6-11-12/h1-4H,5-6,9H2. The molecule has 0 fully saturated rings. The summed E-state index contributed by atoms with van der Waals surface area (Å²) in [6.45, 7) is 1.14. The van der Waals surface area contributed by atoms with E-state index in [0.717, 1.165) is 0 Å². The van der Waals surface area contributed by atoms with E-state index in [1.165, 1.54) is 11.1 Å². The van der Waals surface area contributed by atoms with Crippen molar-refractivity contribution in [3.8, 4) is 0 Å². The molecular weight excluding hydrogens is 173 g/mol. The van der Waals surface area contributed by atoms with Gasteiger partial charge in [-0.05, 0) is 11.1 Å². The van der Waals surface area contributed by atoms with Crippen molar-refractivity contribution in [3.05, 3.63) is 35.4 Å². The Morgan fingerprint density at radius 1 is 1.08 bits per heavy atom. The zero-order valence-corrected chi connectivity index (χ0v) is 7.46. The average Bonchev–Trinajstić information content (AvgIpc) is 2.29. The Morgan fingerprint density at radius 3 is 2.08 bits per heavy atom. The van der Waals surface area contributed by atoms with Gasteiger partial charge in [0.15, 0.2) is 0 Å². The molecule has 0 saturated heterocycles. The Labute approximate surface area is 72.5 Å². The lowest BCUT2D eigenvalue weighted by atomic mass is 10.1. The third kappa shape index (κ3) is 1.65. The van der Waals surface area contributed by atoms with Crippen LogP contribution in [0.1, 0.15) is 11.1 Å². The number of benzene rings is 1. The predicted molar refractivity (Wildman–Crippen MR) is 47.1 cm³/mol. The van der Waals surface area contributed by atoms with Crippen LogP contribution in [-0.4, -0.2) is 0 Å². The molecule has 0 radical (unpaired) electrons. The monoisotopic (exact) mass is 183 g/mol. The van der Waals surface area contributed by atoms with Gasteiger partial charge in [-0.3, -0.25) is 5.50 Å². The highest BCUT2D eigenvalue weighted by molar-refractivity contribution is 7.44. The van der Waals surface area contributed by atoms with Crippen LogP contribution in [0.25, 0.3) is 0 Å². The quantitative estimate of drug-likeness (QED) is 0.625. The summed E-state index contributed by atoms with van der Waals surface area (Å²) in [7, 11) is -1.16. The van der Waals surface area contributed by atoms with E-state index in [2.05, 4.69) is 0 Å². The lowest BCUT2D eigenvalue weighted by molar-refractivity contribution is 0.255. The van der Waals surface area contributed by atoms with Crippen LogP contribution in [0.3, 0.4) is 0 Å². The first kappa shape index (κ1) is 8.14. The van der Waals surface area contributed by atoms with Gasteiger partial charge < -0.3 is 9.05 Å². The summed E-state index contributed by atoms with van der Waals surface area (Å²) in [5.41, 5.74) is 7.88. The molecule has 1 aromatic carbocycles. The molecule has 0 aromatic heterocycles. The number of nitrogens with two attached hydrogens (primary N) is 1. The summed E-state index contributed by atoms with van der Waals surface area (Å²) < 4.78 is 10.5. The fraction of sp³-hybridized carbons (Fsp3) is 0.250. The first-order valence-corrected chi connectivity index (χ1v) is 4.98. The van der Waals surface area contributed by atoms with Crippen LogP contribution in [0.15, 0.2) is 24.3 Å². The molecule has 12 heavy (non-hydrogen) atoms. The molecule has 0 spiro atoms. The van der Waals surface area contributed by atoms with Gasteiger partial charge >= 0.3 is 0 Å². The first-order chi connectivity index (χ1) is 5.86. The number of rotatable bonds is 0. The van der Waals surface area contributed by atoms with E-state index in [-0.39, 0.29) is 0 Å². The zero-order chi connectivity index (χ0) is 8.39. The van der Waals surface area contributed by atoms with Crippen LogP contribution in [-0.2, 0) is 22.3 Å². The van der Waals surface area contributed by atoms with Crippen molar-refractivity contribution in [1.29, 1.82) is 0 Å². The largest absolute Gasteiger partial charge is 0.317 e. The fourth-order valence-corrected chi connectivity index (χ4v) is 1.75. The van der Waals surface area contributed by atoms with Gasteiger partial charge in [-0.1, -0.05) is 24.3 Å². The van der Waals surface area contributed by atoms with E-state index in [9.17, 15) is 0 Å². The molecule has 0 unspecified atom stereocenters. The van der Waals surface area contributed by atoms with Gasteiger partial charge in [0.05, 0.1) is 13.2 Å². The van der Waals surface area contributed by atoms with E-state index in [4.69, 9.17) is 14.6 Å². The molecule has 0 bridgehead atoms. The summed E-state index contributed by atoms with van der Waals surface area (Å²) in [4.78, 5) is 0. The molecule has 2 N–H and O–H groups in total. The van der Waals surface area contributed by atoms with Crippen molar-refractivity contribution in [2.45, 2.75) is 13.2 Å². The topological polar surface area (TPSA) is 44.5 Å². The van der Waals surface area contributed by atoms with Crippen molar-refractivity contribution < 1.29 is 9.05 Å². The smallest absolute Gasteiger partial charge is 0.253 e. The Morgan fingerprint density at radius 2 is 1.58 bits per heavy atom. The molecule has 1 aromatic rings. The minimum absolute atomic E-state index is 0.568. The van der Waals surface area contributed by atoms with Crippen molar-refractivity contribution in [2.75, 3.05) is 0 Å². The lowest BCUT2D eigenvalue weighted by Crippen LogP contribution is -1.93. The van der Waals surface area contributed by atoms with Crippen LogP contribution in [0, 0.1) is 0 Å². The Balaban J connectivity index is 2.26. The highest BCUT2D eigenvalue weighted by atomic mass is 31.2. The van der Waals surface area contributed by atoms with Crippen molar-refractivity contribution in [1.82, 2.24) is 0 Å². The molecule has 64 valence electrons. The second kappa shape index (κ2) is 3.50. The first-order valence-electron chi connectivity index (χ1n) is 3.74. The molecule has 1 heterocycles. The van der Waals surface area contributed by atoms with E-state index in [1.807, 2.05) is 24.3 Å². The van der Waals surface area contributed by atoms with Crippen LogP contribution >= 0.6 is 8.53 Å². The van der Waals surface area contributed by atoms with E-state index in [1.54, 1.807) is 0 Å². The molecule has 2 rings (SSSR count). The van der Waals surface area contributed by atoms with Crippen molar-refractivity contribution >= 4 is 8.53 Å². The highest BCUT2D eigenvalue weighted by Gasteiger charge is 2.12. The maximum atomic E-state index is 5.53. The third-order valence-electron chi connectivity index (χ3n) is 1.81. The zero-order valence-electron chi connectivity index (χ0n) is 6.56. The van der Waals surface area contributed by atoms with E-state index in [0.29, 0.717) is 13.2 Å². The molecule has 0 atom stereocenters. The second-order valence-corrected chi connectivity index (χ2v) is 3.69. The van der Waals surface area contributed by atoms with Crippen LogP contribution in [0.5, 0.6) is 0 Å². The van der Waals surface area contributed by atoms with E-state index >= 15 is 0 Å². The van der Waals surface area contributed by atoms with Crippen molar-refractivity contribution in [2.24, 2.45) is 5.50 Å². The Hall–Kier alpha value is -0.470. The molecule has 3 nitrogen and oxygen atoms in total. The maximum absolute atomic E-state index is 5.53. The number of hydrogen-bond donors (Lipinski definition) is 1. The summed E-state index contributed by atoms with van der Waals surface area (Å²) in [5, 5.41) is 0. The maximum Gasteiger partial charge on any atom is 0.253 e. The highest BCUT2D eigenvalue weighted by Crippen LogP contribution is 2.35. The van der Waals surface area contributed by atoms with Crippen LogP contribution in [0.4, 0.5) is 0 Å². The third-order valence-corrected chi connectivity index (χ3v) is 2.58. The van der Waals surface area contributed by atoms with Gasteiger partial charge in [0.1, 0.15) is 0 Å². The van der Waals surface area contributed by atoms with Gasteiger partial charge in [-0.25, -0.2) is 0 Å². The minimum atomic E-state index is -1.16. The molecule has 0 saturated carbocycles. The predicted octanol–water partition coefficient (Wildman–Crippen LogP) is 1.92. The SMILES string of the molecule is NP1OCc2ccccc2CO1. The minimum Gasteiger partial charge on any atom is -0.317 e. The summed E-state index contributed by atoms with van der Waals surface area (Å²) in [6, 6.07) is 8.05. The van der Waals surface area contributed by atoms with Gasteiger partial charge in [0, 0.05) is 0 Å². The lowest BCUT2D eigenvalue weighted by Gasteiger charge is -2.05. The normalized spacial score (nSPS) is 18.4. The molecule has 1 aliphatic heterocycles. The second-order valence-electron chi connectivity index (χ2n) is 2.60. The molecule has 0 amide bonds. The summed E-state index contributed by atoms with van der Waals surface area (Å²) >= 11 is 0. The number of fused-ring (bicyclic) bond motifs is 1. The van der Waals surface area contributed by atoms with Gasteiger partial charge in [-0.2, -0.15) is 0 Å². The van der Waals surface area contributed by atoms with Crippen LogP contribution < -0.4 is 5.50 Å². The summed E-state index contributed by atoms with van der Waals surface area (Å²) in [6.07, 6.45) is 0. The van der Waals surface area contributed by atoms with E-state index < -0.39 is 8.53 Å². The van der Waals surface area contributed by atoms with Crippen molar-refractivity contribution in [3.63, 3.8) is 0 Å².